The maximum Gasteiger partial charge on any atom is 0.326 e. The Morgan fingerprint density at radius 3 is 2.40 bits per heavy atom. The summed E-state index contributed by atoms with van der Waals surface area (Å²) in [7, 11) is -3.96. The topological polar surface area (TPSA) is 63.7 Å². The first-order valence-corrected chi connectivity index (χ1v) is 10.1. The first-order valence-electron chi connectivity index (χ1n) is 7.45. The molecule has 8 heteroatoms. The van der Waals surface area contributed by atoms with Crippen LogP contribution in [0.15, 0.2) is 51.8 Å². The molecule has 0 heterocycles. The van der Waals surface area contributed by atoms with Gasteiger partial charge in [0, 0.05) is 9.50 Å². The van der Waals surface area contributed by atoms with Crippen molar-refractivity contribution in [3.05, 3.63) is 57.5 Å². The van der Waals surface area contributed by atoms with Gasteiger partial charge in [0.25, 0.3) is 10.0 Å². The quantitative estimate of drug-likeness (QED) is 0.625. The molecule has 0 aliphatic carbocycles. The van der Waals surface area contributed by atoms with E-state index < -0.39 is 22.5 Å². The summed E-state index contributed by atoms with van der Waals surface area (Å²) in [6.45, 7) is 3.26. The molecule has 0 aromatic heterocycles. The molecule has 0 saturated carbocycles. The minimum atomic E-state index is -3.96. The average Bonchev–Trinajstić information content (AvgIpc) is 2.56. The van der Waals surface area contributed by atoms with E-state index in [9.17, 15) is 13.2 Å². The average molecular weight is 447 g/mol. The number of ether oxygens (including phenoxy) is 1. The SMILES string of the molecule is CCOC(=O)CN(c1ccc(Br)c(C)c1)S(=O)(=O)c1ccc(Cl)cc1. The standard InChI is InChI=1S/C17H17BrClNO4S/c1-3-24-17(21)11-20(14-6-9-16(18)12(2)10-14)25(22,23)15-7-4-13(19)5-8-15/h4-10H,3,11H2,1-2H3. The summed E-state index contributed by atoms with van der Waals surface area (Å²) >= 11 is 9.22. The molecule has 5 nitrogen and oxygen atoms in total. The molecular formula is C17H17BrClNO4S. The number of nitrogens with zero attached hydrogens (tertiary/aromatic N) is 1. The summed E-state index contributed by atoms with van der Waals surface area (Å²) in [4.78, 5) is 12.0. The maximum absolute atomic E-state index is 13.0. The third-order valence-electron chi connectivity index (χ3n) is 3.41. The lowest BCUT2D eigenvalue weighted by Gasteiger charge is -2.24. The van der Waals surface area contributed by atoms with E-state index in [-0.39, 0.29) is 11.5 Å². The fourth-order valence-corrected chi connectivity index (χ4v) is 3.93. The van der Waals surface area contributed by atoms with Gasteiger partial charge < -0.3 is 4.74 Å². The van der Waals surface area contributed by atoms with Gasteiger partial charge in [-0.2, -0.15) is 0 Å². The summed E-state index contributed by atoms with van der Waals surface area (Å²) < 4.78 is 32.9. The van der Waals surface area contributed by atoms with Crippen molar-refractivity contribution in [2.24, 2.45) is 0 Å². The fourth-order valence-electron chi connectivity index (χ4n) is 2.16. The van der Waals surface area contributed by atoms with Crippen molar-refractivity contribution >= 4 is 49.2 Å². The van der Waals surface area contributed by atoms with E-state index in [0.717, 1.165) is 14.3 Å². The molecule has 0 N–H and O–H groups in total. The van der Waals surface area contributed by atoms with Gasteiger partial charge in [-0.15, -0.1) is 0 Å². The monoisotopic (exact) mass is 445 g/mol. The lowest BCUT2D eigenvalue weighted by Crippen LogP contribution is -2.36. The molecular weight excluding hydrogens is 430 g/mol. The first kappa shape index (κ1) is 19.8. The van der Waals surface area contributed by atoms with E-state index in [1.807, 2.05) is 6.92 Å². The second-order valence-electron chi connectivity index (χ2n) is 5.20. The lowest BCUT2D eigenvalue weighted by atomic mass is 10.2. The highest BCUT2D eigenvalue weighted by molar-refractivity contribution is 9.10. The maximum atomic E-state index is 13.0. The zero-order valence-corrected chi connectivity index (χ0v) is 16.9. The lowest BCUT2D eigenvalue weighted by molar-refractivity contribution is -0.141. The van der Waals surface area contributed by atoms with Crippen LogP contribution in [0.4, 0.5) is 5.69 Å². The Morgan fingerprint density at radius 1 is 1.20 bits per heavy atom. The molecule has 2 aromatic rings. The van der Waals surface area contributed by atoms with Gasteiger partial charge in [-0.3, -0.25) is 9.10 Å². The van der Waals surface area contributed by atoms with Gasteiger partial charge >= 0.3 is 5.97 Å². The Balaban J connectivity index is 2.51. The van der Waals surface area contributed by atoms with Crippen molar-refractivity contribution in [2.75, 3.05) is 17.5 Å². The zero-order chi connectivity index (χ0) is 18.6. The highest BCUT2D eigenvalue weighted by Gasteiger charge is 2.28. The Bertz CT molecular complexity index is 869. The molecule has 0 aliphatic rings. The van der Waals surface area contributed by atoms with Crippen molar-refractivity contribution in [3.8, 4) is 0 Å². The minimum absolute atomic E-state index is 0.0433. The molecule has 2 aromatic carbocycles. The van der Waals surface area contributed by atoms with E-state index in [1.54, 1.807) is 25.1 Å². The predicted octanol–water partition coefficient (Wildman–Crippen LogP) is 4.17. The van der Waals surface area contributed by atoms with Crippen LogP contribution in [0.25, 0.3) is 0 Å². The van der Waals surface area contributed by atoms with Crippen LogP contribution in [0.1, 0.15) is 12.5 Å². The number of esters is 1. The van der Waals surface area contributed by atoms with Crippen LogP contribution in [0.2, 0.25) is 5.02 Å². The molecule has 0 bridgehead atoms. The molecule has 134 valence electrons. The van der Waals surface area contributed by atoms with Gasteiger partial charge in [0.15, 0.2) is 0 Å². The van der Waals surface area contributed by atoms with Gasteiger partial charge in [0.1, 0.15) is 6.54 Å². The summed E-state index contributed by atoms with van der Waals surface area (Å²) in [5, 5.41) is 0.426. The summed E-state index contributed by atoms with van der Waals surface area (Å²) in [6.07, 6.45) is 0. The highest BCUT2D eigenvalue weighted by atomic mass is 79.9. The van der Waals surface area contributed by atoms with Crippen LogP contribution in [-0.2, 0) is 19.6 Å². The van der Waals surface area contributed by atoms with Gasteiger partial charge in [-0.25, -0.2) is 8.42 Å². The molecule has 0 saturated heterocycles. The van der Waals surface area contributed by atoms with Gasteiger partial charge in [-0.05, 0) is 61.9 Å². The third kappa shape index (κ3) is 4.74. The van der Waals surface area contributed by atoms with Crippen LogP contribution < -0.4 is 4.31 Å². The zero-order valence-electron chi connectivity index (χ0n) is 13.7. The second-order valence-corrected chi connectivity index (χ2v) is 8.36. The van der Waals surface area contributed by atoms with Crippen molar-refractivity contribution in [1.29, 1.82) is 0 Å². The van der Waals surface area contributed by atoms with Crippen LogP contribution in [-0.4, -0.2) is 27.5 Å². The molecule has 0 atom stereocenters. The largest absolute Gasteiger partial charge is 0.465 e. The van der Waals surface area contributed by atoms with Crippen molar-refractivity contribution in [1.82, 2.24) is 0 Å². The summed E-state index contributed by atoms with van der Waals surface area (Å²) in [5.41, 5.74) is 1.22. The number of anilines is 1. The van der Waals surface area contributed by atoms with E-state index in [4.69, 9.17) is 16.3 Å². The van der Waals surface area contributed by atoms with Crippen molar-refractivity contribution in [3.63, 3.8) is 0 Å². The predicted molar refractivity (Wildman–Crippen MR) is 101 cm³/mol. The number of carbonyl (C=O) groups is 1. The molecule has 0 radical (unpaired) electrons. The van der Waals surface area contributed by atoms with Crippen LogP contribution in [0.3, 0.4) is 0 Å². The van der Waals surface area contributed by atoms with Gasteiger partial charge in [0.05, 0.1) is 17.2 Å². The van der Waals surface area contributed by atoms with E-state index >= 15 is 0 Å². The number of aryl methyl sites for hydroxylation is 1. The number of rotatable bonds is 6. The van der Waals surface area contributed by atoms with E-state index in [2.05, 4.69) is 15.9 Å². The molecule has 0 amide bonds. The Hall–Kier alpha value is -1.57. The van der Waals surface area contributed by atoms with Crippen molar-refractivity contribution < 1.29 is 17.9 Å². The molecule has 0 fully saturated rings. The van der Waals surface area contributed by atoms with Crippen LogP contribution in [0.5, 0.6) is 0 Å². The molecule has 0 spiro atoms. The number of halogens is 2. The first-order chi connectivity index (χ1) is 11.8. The number of hydrogen-bond donors (Lipinski definition) is 0. The molecule has 0 aliphatic heterocycles. The molecule has 0 unspecified atom stereocenters. The minimum Gasteiger partial charge on any atom is -0.465 e. The summed E-state index contributed by atoms with van der Waals surface area (Å²) in [6, 6.07) is 10.8. The summed E-state index contributed by atoms with van der Waals surface area (Å²) in [5.74, 6) is -0.624. The molecule has 25 heavy (non-hydrogen) atoms. The van der Waals surface area contributed by atoms with Crippen molar-refractivity contribution in [2.45, 2.75) is 18.7 Å². The van der Waals surface area contributed by atoms with Gasteiger partial charge in [-0.1, -0.05) is 27.5 Å². The number of benzene rings is 2. The van der Waals surface area contributed by atoms with E-state index in [1.165, 1.54) is 24.3 Å². The number of carbonyl (C=O) groups excluding carboxylic acids is 1. The number of hydrogen-bond acceptors (Lipinski definition) is 4. The smallest absolute Gasteiger partial charge is 0.326 e. The van der Waals surface area contributed by atoms with Crippen LogP contribution in [0, 0.1) is 6.92 Å². The Morgan fingerprint density at radius 2 is 1.84 bits per heavy atom. The molecule has 2 rings (SSSR count). The van der Waals surface area contributed by atoms with Gasteiger partial charge in [0.2, 0.25) is 0 Å². The normalized spacial score (nSPS) is 11.2. The van der Waals surface area contributed by atoms with E-state index in [0.29, 0.717) is 10.7 Å². The second kappa shape index (κ2) is 8.21. The highest BCUT2D eigenvalue weighted by Crippen LogP contribution is 2.28. The number of sulfonamides is 1. The Kier molecular flexibility index (Phi) is 6.48. The third-order valence-corrected chi connectivity index (χ3v) is 6.34. The van der Waals surface area contributed by atoms with Crippen LogP contribution >= 0.6 is 27.5 Å². The Labute approximate surface area is 160 Å². The fraction of sp³-hybridized carbons (Fsp3) is 0.235.